The summed E-state index contributed by atoms with van der Waals surface area (Å²) >= 11 is 0. The Morgan fingerprint density at radius 1 is 0.684 bits per heavy atom. The van der Waals surface area contributed by atoms with Crippen molar-refractivity contribution in [3.05, 3.63) is 0 Å². The van der Waals surface area contributed by atoms with E-state index in [2.05, 4.69) is 9.05 Å². The van der Waals surface area contributed by atoms with E-state index in [0.29, 0.717) is 0 Å². The molecule has 19 heavy (non-hydrogen) atoms. The summed E-state index contributed by atoms with van der Waals surface area (Å²) in [7, 11) is -5.60. The highest BCUT2D eigenvalue weighted by atomic mass is 31.2. The first kappa shape index (κ1) is 18.5. The zero-order valence-corrected chi connectivity index (χ0v) is 9.59. The zero-order valence-electron chi connectivity index (χ0n) is 8.69. The Bertz CT molecular complexity index is 308. The van der Waals surface area contributed by atoms with Crippen LogP contribution in [0.4, 0.5) is 39.5 Å². The van der Waals surface area contributed by atoms with Crippen molar-refractivity contribution in [3.63, 3.8) is 0 Å². The van der Waals surface area contributed by atoms with Crippen molar-refractivity contribution in [3.8, 4) is 0 Å². The van der Waals surface area contributed by atoms with Crippen molar-refractivity contribution in [2.75, 3.05) is 19.4 Å². The van der Waals surface area contributed by atoms with Gasteiger partial charge in [-0.3, -0.25) is 13.6 Å². The number of halogens is 9. The molecule has 0 aromatic rings. The molecule has 0 saturated heterocycles. The maximum atomic E-state index is 11.9. The van der Waals surface area contributed by atoms with Crippen LogP contribution in [-0.4, -0.2) is 37.9 Å². The molecule has 0 amide bonds. The van der Waals surface area contributed by atoms with E-state index >= 15 is 0 Å². The van der Waals surface area contributed by atoms with Crippen LogP contribution in [-0.2, 0) is 13.6 Å². The van der Waals surface area contributed by atoms with E-state index in [1.807, 2.05) is 0 Å². The van der Waals surface area contributed by atoms with E-state index in [4.69, 9.17) is 0 Å². The van der Waals surface area contributed by atoms with Crippen LogP contribution in [0.5, 0.6) is 0 Å². The van der Waals surface area contributed by atoms with Crippen molar-refractivity contribution >= 4 is 7.60 Å². The van der Waals surface area contributed by atoms with E-state index in [9.17, 15) is 44.1 Å². The Balaban J connectivity index is 4.78. The molecule has 3 nitrogen and oxygen atoms in total. The van der Waals surface area contributed by atoms with Crippen molar-refractivity contribution in [1.82, 2.24) is 0 Å². The topological polar surface area (TPSA) is 35.5 Å². The van der Waals surface area contributed by atoms with Gasteiger partial charge in [0, 0.05) is 0 Å². The van der Waals surface area contributed by atoms with Gasteiger partial charge in [-0.15, -0.1) is 0 Å². The molecule has 0 unspecified atom stereocenters. The maximum absolute atomic E-state index is 11.9. The lowest BCUT2D eigenvalue weighted by molar-refractivity contribution is -0.168. The summed E-state index contributed by atoms with van der Waals surface area (Å²) in [6.07, 6.45) is -18.2. The van der Waals surface area contributed by atoms with Gasteiger partial charge in [0.25, 0.3) is 0 Å². The Hall–Kier alpha value is -0.480. The van der Waals surface area contributed by atoms with Gasteiger partial charge in [-0.05, 0) is 0 Å². The molecule has 0 N–H and O–H groups in total. The third-order valence-electron chi connectivity index (χ3n) is 1.22. The van der Waals surface area contributed by atoms with Gasteiger partial charge in [0.05, 0.1) is 0 Å². The van der Waals surface area contributed by atoms with E-state index < -0.39 is 45.5 Å². The number of hydrogen-bond donors (Lipinski definition) is 0. The summed E-state index contributed by atoms with van der Waals surface area (Å²) < 4.78 is 124. The lowest BCUT2D eigenvalue weighted by Crippen LogP contribution is -2.24. The number of hydrogen-bond acceptors (Lipinski definition) is 3. The minimum Gasteiger partial charge on any atom is -0.299 e. The molecule has 0 rings (SSSR count). The molecule has 0 bridgehead atoms. The van der Waals surface area contributed by atoms with Gasteiger partial charge in [0.2, 0.25) is 0 Å². The lowest BCUT2D eigenvalue weighted by atomic mass is 10.7. The van der Waals surface area contributed by atoms with Gasteiger partial charge in [0.1, 0.15) is 6.16 Å². The second kappa shape index (κ2) is 5.88. The average molecular weight is 328 g/mol. The second-order valence-corrected chi connectivity index (χ2v) is 5.22. The summed E-state index contributed by atoms with van der Waals surface area (Å²) in [6.45, 7) is -4.84. The first-order valence-electron chi connectivity index (χ1n) is 4.20. The molecule has 0 radical (unpaired) electrons. The average Bonchev–Trinajstić information content (AvgIpc) is 2.07. The molecular formula is C6H6F9O3P. The molecule has 0 saturated carbocycles. The molecule has 116 valence electrons. The van der Waals surface area contributed by atoms with Crippen LogP contribution in [0.2, 0.25) is 0 Å². The Kier molecular flexibility index (Phi) is 5.73. The Morgan fingerprint density at radius 2 is 1.00 bits per heavy atom. The van der Waals surface area contributed by atoms with Crippen molar-refractivity contribution in [1.29, 1.82) is 0 Å². The molecule has 0 aliphatic rings. The smallest absolute Gasteiger partial charge is 0.299 e. The third-order valence-corrected chi connectivity index (χ3v) is 3.01. The van der Waals surface area contributed by atoms with Crippen LogP contribution < -0.4 is 0 Å². The number of alkyl halides is 9. The Labute approximate surface area is 99.7 Å². The fourth-order valence-corrected chi connectivity index (χ4v) is 2.07. The summed E-state index contributed by atoms with van der Waals surface area (Å²) in [6, 6.07) is 0. The largest absolute Gasteiger partial charge is 0.412 e. The molecule has 0 aromatic carbocycles. The third kappa shape index (κ3) is 11.1. The Morgan fingerprint density at radius 3 is 1.21 bits per heavy atom. The first-order valence-corrected chi connectivity index (χ1v) is 5.93. The normalized spacial score (nSPS) is 14.8. The number of rotatable bonds is 5. The molecule has 0 heterocycles. The predicted octanol–water partition coefficient (Wildman–Crippen LogP) is 3.90. The second-order valence-electron chi connectivity index (χ2n) is 3.16. The van der Waals surface area contributed by atoms with E-state index in [1.54, 1.807) is 0 Å². The molecule has 0 aromatic heterocycles. The van der Waals surface area contributed by atoms with Gasteiger partial charge in [-0.1, -0.05) is 0 Å². The molecule has 0 fully saturated rings. The van der Waals surface area contributed by atoms with Gasteiger partial charge in [-0.2, -0.15) is 39.5 Å². The fraction of sp³-hybridized carbons (Fsp3) is 1.00. The SMILES string of the molecule is O=P(CC(F)(F)F)(OCC(F)(F)F)OCC(F)(F)F. The van der Waals surface area contributed by atoms with Crippen molar-refractivity contribution in [2.45, 2.75) is 18.5 Å². The molecular weight excluding hydrogens is 322 g/mol. The molecule has 0 aliphatic carbocycles. The predicted molar refractivity (Wildman–Crippen MR) is 42.5 cm³/mol. The van der Waals surface area contributed by atoms with Crippen molar-refractivity contribution in [2.24, 2.45) is 0 Å². The highest BCUT2D eigenvalue weighted by Gasteiger charge is 2.45. The first-order chi connectivity index (χ1) is 8.12. The zero-order chi connectivity index (χ0) is 15.5. The molecule has 0 spiro atoms. The summed E-state index contributed by atoms with van der Waals surface area (Å²) in [5, 5.41) is 0. The van der Waals surface area contributed by atoms with E-state index in [-0.39, 0.29) is 0 Å². The summed E-state index contributed by atoms with van der Waals surface area (Å²) in [5.41, 5.74) is 0. The molecule has 0 atom stereocenters. The minimum atomic E-state index is -5.60. The van der Waals surface area contributed by atoms with Gasteiger partial charge in [-0.25, -0.2) is 0 Å². The monoisotopic (exact) mass is 328 g/mol. The fourth-order valence-electron chi connectivity index (χ4n) is 0.691. The summed E-state index contributed by atoms with van der Waals surface area (Å²) in [5.74, 6) is 0. The van der Waals surface area contributed by atoms with Gasteiger partial charge < -0.3 is 0 Å². The van der Waals surface area contributed by atoms with Gasteiger partial charge in [0.15, 0.2) is 13.2 Å². The molecule has 0 aliphatic heterocycles. The summed E-state index contributed by atoms with van der Waals surface area (Å²) in [4.78, 5) is 0. The quantitative estimate of drug-likeness (QED) is 0.567. The highest BCUT2D eigenvalue weighted by molar-refractivity contribution is 7.53. The van der Waals surface area contributed by atoms with Crippen LogP contribution in [0.3, 0.4) is 0 Å². The van der Waals surface area contributed by atoms with E-state index in [1.165, 1.54) is 0 Å². The maximum Gasteiger partial charge on any atom is 0.412 e. The molecule has 13 heteroatoms. The van der Waals surface area contributed by atoms with Gasteiger partial charge >= 0.3 is 26.1 Å². The van der Waals surface area contributed by atoms with Crippen LogP contribution >= 0.6 is 7.60 Å². The van der Waals surface area contributed by atoms with Crippen LogP contribution in [0.1, 0.15) is 0 Å². The van der Waals surface area contributed by atoms with E-state index in [0.717, 1.165) is 0 Å². The van der Waals surface area contributed by atoms with Crippen molar-refractivity contribution < 1.29 is 53.1 Å². The minimum absolute atomic E-state index is 2.42. The van der Waals surface area contributed by atoms with Crippen LogP contribution in [0.25, 0.3) is 0 Å². The standard InChI is InChI=1S/C6H6F9O3P/c7-4(8,9)1-17-19(16,3-6(13,14)15)18-2-5(10,11)12/h1-3H2. The van der Waals surface area contributed by atoms with Crippen LogP contribution in [0.15, 0.2) is 0 Å². The van der Waals surface area contributed by atoms with Crippen LogP contribution in [0, 0.1) is 0 Å². The highest BCUT2D eigenvalue weighted by Crippen LogP contribution is 2.53. The lowest BCUT2D eigenvalue weighted by Gasteiger charge is -2.21.